The summed E-state index contributed by atoms with van der Waals surface area (Å²) in [4.78, 5) is 17.1. The Morgan fingerprint density at radius 2 is 2.29 bits per heavy atom. The molecule has 2 heterocycles. The van der Waals surface area contributed by atoms with Gasteiger partial charge in [0.2, 0.25) is 0 Å². The smallest absolute Gasteiger partial charge is 0.195 e. The Kier molecular flexibility index (Phi) is 5.79. The first-order valence-corrected chi connectivity index (χ1v) is 8.70. The molecule has 3 nitrogen and oxygen atoms in total. The summed E-state index contributed by atoms with van der Waals surface area (Å²) >= 11 is 10.9. The Bertz CT molecular complexity index is 675. The number of hydrogen-bond acceptors (Lipinski definition) is 3. The number of aromatic nitrogens is 2. The van der Waals surface area contributed by atoms with Crippen LogP contribution in [0.4, 0.5) is 0 Å². The van der Waals surface area contributed by atoms with E-state index in [1.807, 2.05) is 17.7 Å². The molecule has 0 saturated carbocycles. The number of halogens is 2. The van der Waals surface area contributed by atoms with Crippen LogP contribution in [0.2, 0.25) is 5.15 Å². The van der Waals surface area contributed by atoms with Gasteiger partial charge in [-0.15, -0.1) is 11.3 Å². The van der Waals surface area contributed by atoms with Crippen LogP contribution >= 0.6 is 38.9 Å². The SMILES string of the molecule is CCCCc1nc(Cl)c(/C=C/C(=O)c2ccc(Br)s2)n1C. The highest BCUT2D eigenvalue weighted by atomic mass is 79.9. The summed E-state index contributed by atoms with van der Waals surface area (Å²) in [5.41, 5.74) is 0.770. The van der Waals surface area contributed by atoms with E-state index in [-0.39, 0.29) is 5.78 Å². The largest absolute Gasteiger partial charge is 0.330 e. The van der Waals surface area contributed by atoms with Crippen LogP contribution in [0, 0.1) is 0 Å². The molecule has 0 radical (unpaired) electrons. The van der Waals surface area contributed by atoms with Crippen molar-refractivity contribution in [2.24, 2.45) is 7.05 Å². The standard InChI is InChI=1S/C15H16BrClN2OS/c1-3-4-5-14-18-15(17)10(19(14)2)6-7-11(20)12-8-9-13(16)21-12/h6-9H,3-5H2,1-2H3/b7-6+. The van der Waals surface area contributed by atoms with Crippen molar-refractivity contribution in [1.29, 1.82) is 0 Å². The minimum absolute atomic E-state index is 0.0296. The summed E-state index contributed by atoms with van der Waals surface area (Å²) in [5.74, 6) is 0.922. The fraction of sp³-hybridized carbons (Fsp3) is 0.333. The fourth-order valence-corrected chi connectivity index (χ4v) is 3.54. The lowest BCUT2D eigenvalue weighted by molar-refractivity contribution is 0.105. The van der Waals surface area contributed by atoms with Crippen LogP contribution in [0.25, 0.3) is 6.08 Å². The number of rotatable bonds is 6. The first kappa shape index (κ1) is 16.5. The van der Waals surface area contributed by atoms with Gasteiger partial charge in [-0.25, -0.2) is 4.98 Å². The molecule has 0 aliphatic rings. The molecular weight excluding hydrogens is 372 g/mol. The first-order valence-electron chi connectivity index (χ1n) is 6.71. The number of carbonyl (C=O) groups excluding carboxylic acids is 1. The number of ketones is 1. The van der Waals surface area contributed by atoms with Crippen LogP contribution < -0.4 is 0 Å². The van der Waals surface area contributed by atoms with Crippen molar-refractivity contribution in [3.05, 3.63) is 43.5 Å². The van der Waals surface area contributed by atoms with Gasteiger partial charge in [0.25, 0.3) is 0 Å². The molecule has 6 heteroatoms. The molecule has 0 N–H and O–H groups in total. The van der Waals surface area contributed by atoms with Gasteiger partial charge in [-0.3, -0.25) is 4.79 Å². The summed E-state index contributed by atoms with van der Waals surface area (Å²) in [6.45, 7) is 2.14. The molecule has 0 aromatic carbocycles. The lowest BCUT2D eigenvalue weighted by atomic mass is 10.2. The number of allylic oxidation sites excluding steroid dienone is 1. The molecular formula is C15H16BrClN2OS. The number of thiophene rings is 1. The Hall–Kier alpha value is -0.910. The molecule has 0 spiro atoms. The monoisotopic (exact) mass is 386 g/mol. The Morgan fingerprint density at radius 1 is 1.52 bits per heavy atom. The highest BCUT2D eigenvalue weighted by Crippen LogP contribution is 2.24. The number of aryl methyl sites for hydroxylation is 1. The van der Waals surface area contributed by atoms with Crippen LogP contribution in [0.15, 0.2) is 22.0 Å². The van der Waals surface area contributed by atoms with Crippen LogP contribution in [0.1, 0.15) is 41.0 Å². The molecule has 0 aliphatic carbocycles. The summed E-state index contributed by atoms with van der Waals surface area (Å²) in [6, 6.07) is 3.67. The first-order chi connectivity index (χ1) is 10.0. The van der Waals surface area contributed by atoms with Crippen molar-refractivity contribution in [1.82, 2.24) is 9.55 Å². The number of unbranched alkanes of at least 4 members (excludes halogenated alkanes) is 1. The average Bonchev–Trinajstić information content (AvgIpc) is 2.99. The van der Waals surface area contributed by atoms with E-state index in [0.717, 1.165) is 34.6 Å². The highest BCUT2D eigenvalue weighted by Gasteiger charge is 2.11. The third kappa shape index (κ3) is 4.05. The van der Waals surface area contributed by atoms with Gasteiger partial charge in [0.1, 0.15) is 5.82 Å². The van der Waals surface area contributed by atoms with E-state index < -0.39 is 0 Å². The zero-order valence-electron chi connectivity index (χ0n) is 11.9. The Labute approximate surface area is 141 Å². The molecule has 2 aromatic heterocycles. The average molecular weight is 388 g/mol. The minimum Gasteiger partial charge on any atom is -0.330 e. The number of nitrogens with zero attached hydrogens (tertiary/aromatic N) is 2. The third-order valence-electron chi connectivity index (χ3n) is 3.15. The van der Waals surface area contributed by atoms with Crippen molar-refractivity contribution in [2.45, 2.75) is 26.2 Å². The van der Waals surface area contributed by atoms with E-state index >= 15 is 0 Å². The molecule has 0 aliphatic heterocycles. The maximum atomic E-state index is 12.1. The van der Waals surface area contributed by atoms with Gasteiger partial charge in [0.15, 0.2) is 10.9 Å². The van der Waals surface area contributed by atoms with Gasteiger partial charge in [-0.1, -0.05) is 24.9 Å². The molecule has 21 heavy (non-hydrogen) atoms. The van der Waals surface area contributed by atoms with Gasteiger partial charge in [-0.2, -0.15) is 0 Å². The van der Waals surface area contributed by atoms with Crippen molar-refractivity contribution >= 4 is 50.7 Å². The lowest BCUT2D eigenvalue weighted by Gasteiger charge is -2.01. The van der Waals surface area contributed by atoms with Crippen molar-refractivity contribution < 1.29 is 4.79 Å². The summed E-state index contributed by atoms with van der Waals surface area (Å²) in [7, 11) is 1.93. The van der Waals surface area contributed by atoms with Crippen molar-refractivity contribution in [2.75, 3.05) is 0 Å². The van der Waals surface area contributed by atoms with Crippen LogP contribution in [-0.2, 0) is 13.5 Å². The molecule has 0 fully saturated rings. The molecule has 112 valence electrons. The van der Waals surface area contributed by atoms with Gasteiger partial charge in [0.05, 0.1) is 14.4 Å². The topological polar surface area (TPSA) is 34.9 Å². The molecule has 0 amide bonds. The summed E-state index contributed by atoms with van der Waals surface area (Å²) in [5, 5.41) is 0.444. The molecule has 2 aromatic rings. The molecule has 2 rings (SSSR count). The number of hydrogen-bond donors (Lipinski definition) is 0. The second-order valence-electron chi connectivity index (χ2n) is 4.67. The van der Waals surface area contributed by atoms with Crippen molar-refractivity contribution in [3.8, 4) is 0 Å². The van der Waals surface area contributed by atoms with Crippen LogP contribution in [0.3, 0.4) is 0 Å². The molecule has 0 atom stereocenters. The Morgan fingerprint density at radius 3 is 2.90 bits per heavy atom. The van der Waals surface area contributed by atoms with E-state index in [9.17, 15) is 4.79 Å². The molecule has 0 unspecified atom stereocenters. The van der Waals surface area contributed by atoms with Gasteiger partial charge < -0.3 is 4.57 Å². The second-order valence-corrected chi connectivity index (χ2v) is 7.49. The lowest BCUT2D eigenvalue weighted by Crippen LogP contribution is -2.00. The zero-order valence-corrected chi connectivity index (χ0v) is 15.1. The van der Waals surface area contributed by atoms with E-state index in [1.165, 1.54) is 11.3 Å². The van der Waals surface area contributed by atoms with E-state index in [1.54, 1.807) is 18.2 Å². The van der Waals surface area contributed by atoms with Gasteiger partial charge in [0, 0.05) is 13.5 Å². The van der Waals surface area contributed by atoms with E-state index in [0.29, 0.717) is 10.0 Å². The number of carbonyl (C=O) groups is 1. The predicted octanol–water partition coefficient (Wildman–Crippen LogP) is 5.14. The predicted molar refractivity (Wildman–Crippen MR) is 92.2 cm³/mol. The van der Waals surface area contributed by atoms with Gasteiger partial charge in [-0.05, 0) is 46.6 Å². The molecule has 0 bridgehead atoms. The van der Waals surface area contributed by atoms with Crippen LogP contribution in [-0.4, -0.2) is 15.3 Å². The quantitative estimate of drug-likeness (QED) is 0.508. The summed E-state index contributed by atoms with van der Waals surface area (Å²) < 4.78 is 2.89. The van der Waals surface area contributed by atoms with E-state index in [2.05, 4.69) is 27.8 Å². The number of imidazole rings is 1. The fourth-order valence-electron chi connectivity index (χ4n) is 1.95. The highest BCUT2D eigenvalue weighted by molar-refractivity contribution is 9.11. The van der Waals surface area contributed by atoms with Gasteiger partial charge >= 0.3 is 0 Å². The zero-order chi connectivity index (χ0) is 15.4. The van der Waals surface area contributed by atoms with E-state index in [4.69, 9.17) is 11.6 Å². The second kappa shape index (κ2) is 7.38. The van der Waals surface area contributed by atoms with Crippen molar-refractivity contribution in [3.63, 3.8) is 0 Å². The maximum absolute atomic E-state index is 12.1. The van der Waals surface area contributed by atoms with Crippen LogP contribution in [0.5, 0.6) is 0 Å². The molecule has 0 saturated heterocycles. The minimum atomic E-state index is -0.0296. The maximum Gasteiger partial charge on any atom is 0.195 e. The third-order valence-corrected chi connectivity index (χ3v) is 5.07. The Balaban J connectivity index is 2.17. The normalized spacial score (nSPS) is 11.4. The summed E-state index contributed by atoms with van der Waals surface area (Å²) in [6.07, 6.45) is 6.37.